The van der Waals surface area contributed by atoms with Crippen molar-refractivity contribution in [3.05, 3.63) is 11.9 Å². The molecule has 0 saturated heterocycles. The molecular weight excluding hydrogens is 182 g/mol. The van der Waals surface area contributed by atoms with Crippen LogP contribution in [0.1, 0.15) is 19.3 Å². The fraction of sp³-hybridized carbons (Fsp3) is 0.778. The van der Waals surface area contributed by atoms with Gasteiger partial charge in [0.25, 0.3) is 0 Å². The molecule has 0 amide bonds. The largest absolute Gasteiger partial charge is 0.399 e. The summed E-state index contributed by atoms with van der Waals surface area (Å²) < 4.78 is 4.92. The standard InChI is InChI=1S/C9H21N3O2/c1-14-6-4-2-3-5-12(11)7-9(10)8-13/h7,13H,2-6,8,10-11H2,1H3/b9-7-. The molecule has 0 rings (SSSR count). The SMILES string of the molecule is COCCCCCN(N)/C=C(\N)CO. The Kier molecular flexibility index (Phi) is 8.31. The van der Waals surface area contributed by atoms with Crippen molar-refractivity contribution in [1.29, 1.82) is 0 Å². The summed E-state index contributed by atoms with van der Waals surface area (Å²) in [6.45, 7) is 1.38. The minimum Gasteiger partial charge on any atom is -0.399 e. The fourth-order valence-corrected chi connectivity index (χ4v) is 1.04. The number of nitrogens with zero attached hydrogens (tertiary/aromatic N) is 1. The highest BCUT2D eigenvalue weighted by Crippen LogP contribution is 1.97. The monoisotopic (exact) mass is 203 g/mol. The number of unbranched alkanes of at least 4 members (excludes halogenated alkanes) is 2. The lowest BCUT2D eigenvalue weighted by molar-refractivity contribution is 0.191. The van der Waals surface area contributed by atoms with E-state index in [1.807, 2.05) is 0 Å². The molecule has 5 heteroatoms. The van der Waals surface area contributed by atoms with Crippen molar-refractivity contribution >= 4 is 0 Å². The average Bonchev–Trinajstić information content (AvgIpc) is 2.17. The van der Waals surface area contributed by atoms with E-state index in [1.165, 1.54) is 5.01 Å². The van der Waals surface area contributed by atoms with Crippen LogP contribution in [-0.4, -0.2) is 37.0 Å². The van der Waals surface area contributed by atoms with Crippen LogP contribution in [0.2, 0.25) is 0 Å². The molecule has 0 unspecified atom stereocenters. The Hall–Kier alpha value is -0.780. The average molecular weight is 203 g/mol. The van der Waals surface area contributed by atoms with Crippen molar-refractivity contribution in [2.24, 2.45) is 11.6 Å². The van der Waals surface area contributed by atoms with Gasteiger partial charge in [-0.2, -0.15) is 0 Å². The van der Waals surface area contributed by atoms with Crippen LogP contribution in [0.15, 0.2) is 11.9 Å². The van der Waals surface area contributed by atoms with Gasteiger partial charge in [0.2, 0.25) is 0 Å². The van der Waals surface area contributed by atoms with E-state index < -0.39 is 0 Å². The minimum absolute atomic E-state index is 0.155. The Morgan fingerprint density at radius 2 is 2.14 bits per heavy atom. The van der Waals surface area contributed by atoms with Crippen LogP contribution in [0.3, 0.4) is 0 Å². The van der Waals surface area contributed by atoms with Gasteiger partial charge in [-0.3, -0.25) is 0 Å². The second-order valence-electron chi connectivity index (χ2n) is 3.15. The molecule has 0 aromatic carbocycles. The molecule has 14 heavy (non-hydrogen) atoms. The van der Waals surface area contributed by atoms with Crippen molar-refractivity contribution < 1.29 is 9.84 Å². The fourth-order valence-electron chi connectivity index (χ4n) is 1.04. The molecule has 84 valence electrons. The number of methoxy groups -OCH3 is 1. The number of hydrogen-bond acceptors (Lipinski definition) is 5. The van der Waals surface area contributed by atoms with E-state index in [0.717, 1.165) is 32.4 Å². The molecule has 0 aliphatic rings. The number of aliphatic hydroxyl groups is 1. The van der Waals surface area contributed by atoms with Crippen molar-refractivity contribution in [3.8, 4) is 0 Å². The summed E-state index contributed by atoms with van der Waals surface area (Å²) in [6, 6.07) is 0. The van der Waals surface area contributed by atoms with Gasteiger partial charge in [-0.1, -0.05) is 0 Å². The summed E-state index contributed by atoms with van der Waals surface area (Å²) >= 11 is 0. The third kappa shape index (κ3) is 7.85. The highest BCUT2D eigenvalue weighted by Gasteiger charge is 1.95. The molecule has 0 aromatic heterocycles. The maximum atomic E-state index is 8.63. The van der Waals surface area contributed by atoms with E-state index in [1.54, 1.807) is 13.3 Å². The molecule has 0 heterocycles. The van der Waals surface area contributed by atoms with Crippen molar-refractivity contribution in [1.82, 2.24) is 5.01 Å². The topological polar surface area (TPSA) is 84.7 Å². The number of hydrazine groups is 1. The van der Waals surface area contributed by atoms with Crippen molar-refractivity contribution in [3.63, 3.8) is 0 Å². The lowest BCUT2D eigenvalue weighted by Crippen LogP contribution is -2.28. The Bertz CT molecular complexity index is 162. The third-order valence-electron chi connectivity index (χ3n) is 1.78. The molecule has 0 atom stereocenters. The summed E-state index contributed by atoms with van der Waals surface area (Å²) in [6.07, 6.45) is 4.67. The van der Waals surface area contributed by atoms with Gasteiger partial charge in [0, 0.05) is 26.5 Å². The highest BCUT2D eigenvalue weighted by atomic mass is 16.5. The number of ether oxygens (including phenoxy) is 1. The van der Waals surface area contributed by atoms with Crippen LogP contribution in [0.4, 0.5) is 0 Å². The molecule has 0 spiro atoms. The van der Waals surface area contributed by atoms with E-state index in [9.17, 15) is 0 Å². The highest BCUT2D eigenvalue weighted by molar-refractivity contribution is 4.94. The summed E-state index contributed by atoms with van der Waals surface area (Å²) in [5.74, 6) is 5.60. The van der Waals surface area contributed by atoms with E-state index in [0.29, 0.717) is 5.70 Å². The van der Waals surface area contributed by atoms with E-state index in [4.69, 9.17) is 21.4 Å². The molecule has 0 saturated carbocycles. The summed E-state index contributed by atoms with van der Waals surface area (Å²) in [7, 11) is 1.69. The normalized spacial score (nSPS) is 11.8. The van der Waals surface area contributed by atoms with Crippen LogP contribution >= 0.6 is 0 Å². The molecule has 5 N–H and O–H groups in total. The lowest BCUT2D eigenvalue weighted by Gasteiger charge is -2.14. The summed E-state index contributed by atoms with van der Waals surface area (Å²) in [5, 5.41) is 10.1. The second kappa shape index (κ2) is 8.80. The molecule has 5 nitrogen and oxygen atoms in total. The first-order chi connectivity index (χ1) is 6.70. The predicted octanol–water partition coefficient (Wildman–Crippen LogP) is -0.229. The molecule has 0 aliphatic carbocycles. The zero-order chi connectivity index (χ0) is 10.8. The maximum Gasteiger partial charge on any atom is 0.0840 e. The van der Waals surface area contributed by atoms with Gasteiger partial charge in [0.1, 0.15) is 0 Å². The van der Waals surface area contributed by atoms with Gasteiger partial charge in [-0.15, -0.1) is 0 Å². The van der Waals surface area contributed by atoms with Crippen molar-refractivity contribution in [2.45, 2.75) is 19.3 Å². The van der Waals surface area contributed by atoms with Gasteiger partial charge >= 0.3 is 0 Å². The molecular formula is C9H21N3O2. The molecule has 0 aliphatic heterocycles. The van der Waals surface area contributed by atoms with Crippen LogP contribution in [0.25, 0.3) is 0 Å². The van der Waals surface area contributed by atoms with Crippen LogP contribution in [-0.2, 0) is 4.74 Å². The number of nitrogens with two attached hydrogens (primary N) is 2. The minimum atomic E-state index is -0.155. The van der Waals surface area contributed by atoms with E-state index in [-0.39, 0.29) is 6.61 Å². The molecule has 0 aromatic rings. The number of aliphatic hydroxyl groups excluding tert-OH is 1. The van der Waals surface area contributed by atoms with Crippen LogP contribution in [0, 0.1) is 0 Å². The van der Waals surface area contributed by atoms with E-state index in [2.05, 4.69) is 0 Å². The summed E-state index contributed by atoms with van der Waals surface area (Å²) in [5.41, 5.74) is 5.77. The number of hydrogen-bond donors (Lipinski definition) is 3. The number of rotatable bonds is 8. The zero-order valence-corrected chi connectivity index (χ0v) is 8.78. The third-order valence-corrected chi connectivity index (χ3v) is 1.78. The first-order valence-electron chi connectivity index (χ1n) is 4.78. The van der Waals surface area contributed by atoms with Gasteiger partial charge in [-0.05, 0) is 19.3 Å². The van der Waals surface area contributed by atoms with Gasteiger partial charge in [-0.25, -0.2) is 5.84 Å². The quantitative estimate of drug-likeness (QED) is 0.288. The predicted molar refractivity (Wildman–Crippen MR) is 56.0 cm³/mol. The Labute approximate surface area is 85.3 Å². The summed E-state index contributed by atoms with van der Waals surface area (Å²) in [4.78, 5) is 0. The van der Waals surface area contributed by atoms with Gasteiger partial charge < -0.3 is 20.6 Å². The Morgan fingerprint density at radius 1 is 1.43 bits per heavy atom. The first kappa shape index (κ1) is 13.2. The molecule has 0 radical (unpaired) electrons. The molecule has 0 fully saturated rings. The zero-order valence-electron chi connectivity index (χ0n) is 8.78. The first-order valence-corrected chi connectivity index (χ1v) is 4.78. The van der Waals surface area contributed by atoms with Crippen LogP contribution in [0.5, 0.6) is 0 Å². The Morgan fingerprint density at radius 3 is 2.71 bits per heavy atom. The van der Waals surface area contributed by atoms with E-state index >= 15 is 0 Å². The van der Waals surface area contributed by atoms with Crippen LogP contribution < -0.4 is 11.6 Å². The smallest absolute Gasteiger partial charge is 0.0840 e. The van der Waals surface area contributed by atoms with Crippen molar-refractivity contribution in [2.75, 3.05) is 26.9 Å². The van der Waals surface area contributed by atoms with Gasteiger partial charge in [0.15, 0.2) is 0 Å². The lowest BCUT2D eigenvalue weighted by atomic mass is 10.2. The maximum absolute atomic E-state index is 8.63. The Balaban J connectivity index is 3.39. The molecule has 0 bridgehead atoms. The van der Waals surface area contributed by atoms with Gasteiger partial charge in [0.05, 0.1) is 12.3 Å². The second-order valence-corrected chi connectivity index (χ2v) is 3.15.